The van der Waals surface area contributed by atoms with E-state index in [1.54, 1.807) is 18.2 Å². The number of ether oxygens (including phenoxy) is 1. The van der Waals surface area contributed by atoms with Crippen molar-refractivity contribution in [2.24, 2.45) is 7.05 Å². The van der Waals surface area contributed by atoms with Gasteiger partial charge in [0, 0.05) is 13.6 Å². The lowest BCUT2D eigenvalue weighted by Crippen LogP contribution is -2.40. The summed E-state index contributed by atoms with van der Waals surface area (Å²) in [6.07, 6.45) is 2.22. The van der Waals surface area contributed by atoms with Crippen molar-refractivity contribution < 1.29 is 14.6 Å². The number of carbonyl (C=O) groups is 1. The number of nitrogens with zero attached hydrogens (tertiary/aromatic N) is 2. The highest BCUT2D eigenvalue weighted by Gasteiger charge is 2.32. The molecule has 0 radical (unpaired) electrons. The molecule has 0 aliphatic carbocycles. The molecule has 26 heavy (non-hydrogen) atoms. The van der Waals surface area contributed by atoms with Crippen molar-refractivity contribution >= 4 is 17.7 Å². The summed E-state index contributed by atoms with van der Waals surface area (Å²) in [5, 5.41) is 12.6. The highest BCUT2D eigenvalue weighted by atomic mass is 16.5. The fourth-order valence-corrected chi connectivity index (χ4v) is 2.90. The molecule has 2 N–H and O–H groups in total. The Kier molecular flexibility index (Phi) is 4.41. The van der Waals surface area contributed by atoms with E-state index < -0.39 is 17.0 Å². The number of ketones is 1. The summed E-state index contributed by atoms with van der Waals surface area (Å²) in [4.78, 5) is 37.5. The second-order valence-electron chi connectivity index (χ2n) is 5.97. The van der Waals surface area contributed by atoms with Crippen molar-refractivity contribution in [1.82, 2.24) is 9.13 Å². The van der Waals surface area contributed by atoms with Crippen LogP contribution in [0.1, 0.15) is 29.3 Å². The molecular formula is C18H19N3O5. The first-order valence-electron chi connectivity index (χ1n) is 8.13. The number of anilines is 1. The van der Waals surface area contributed by atoms with Gasteiger partial charge in [-0.25, -0.2) is 4.79 Å². The standard InChI is InChI=1S/C18H19N3O5/c1-4-7-21-16-14(17(24)20(2)18(21)25)15(23)11(19-16)8-10-5-6-12(22)13(9-10)26-3/h5-6,8-9,19,22H,4,7H2,1-3H3/b11-8-. The van der Waals surface area contributed by atoms with Crippen molar-refractivity contribution in [2.45, 2.75) is 19.9 Å². The number of allylic oxidation sites excluding steroid dienone is 1. The molecule has 3 rings (SSSR count). The van der Waals surface area contributed by atoms with E-state index >= 15 is 0 Å². The summed E-state index contributed by atoms with van der Waals surface area (Å²) in [6, 6.07) is 4.63. The van der Waals surface area contributed by atoms with Gasteiger partial charge in [0.15, 0.2) is 11.5 Å². The van der Waals surface area contributed by atoms with E-state index in [4.69, 9.17) is 4.74 Å². The Balaban J connectivity index is 2.13. The predicted molar refractivity (Wildman–Crippen MR) is 96.8 cm³/mol. The van der Waals surface area contributed by atoms with Crippen LogP contribution in [0.25, 0.3) is 6.08 Å². The lowest BCUT2D eigenvalue weighted by atomic mass is 10.1. The number of Topliss-reactive ketones (excluding diaryl/α,β-unsaturated/α-hetero) is 1. The molecule has 0 unspecified atom stereocenters. The van der Waals surface area contributed by atoms with Gasteiger partial charge in [-0.15, -0.1) is 0 Å². The molecular weight excluding hydrogens is 338 g/mol. The van der Waals surface area contributed by atoms with Crippen LogP contribution in [0.5, 0.6) is 11.5 Å². The molecule has 0 atom stereocenters. The molecule has 0 amide bonds. The van der Waals surface area contributed by atoms with Crippen LogP contribution >= 0.6 is 0 Å². The summed E-state index contributed by atoms with van der Waals surface area (Å²) < 4.78 is 7.40. The number of phenolic OH excluding ortho intramolecular Hbond substituents is 1. The van der Waals surface area contributed by atoms with Gasteiger partial charge in [0.25, 0.3) is 5.56 Å². The van der Waals surface area contributed by atoms with Gasteiger partial charge in [0.2, 0.25) is 5.78 Å². The van der Waals surface area contributed by atoms with E-state index in [9.17, 15) is 19.5 Å². The van der Waals surface area contributed by atoms with Crippen LogP contribution in [0.15, 0.2) is 33.5 Å². The number of methoxy groups -OCH3 is 1. The Labute approximate surface area is 149 Å². The highest BCUT2D eigenvalue weighted by molar-refractivity contribution is 6.19. The summed E-state index contributed by atoms with van der Waals surface area (Å²) in [5.41, 5.74) is -0.354. The van der Waals surface area contributed by atoms with E-state index in [0.29, 0.717) is 18.5 Å². The van der Waals surface area contributed by atoms with Crippen molar-refractivity contribution in [3.8, 4) is 11.5 Å². The molecule has 8 heteroatoms. The van der Waals surface area contributed by atoms with Gasteiger partial charge in [-0.2, -0.15) is 0 Å². The van der Waals surface area contributed by atoms with E-state index in [-0.39, 0.29) is 28.6 Å². The molecule has 8 nitrogen and oxygen atoms in total. The summed E-state index contributed by atoms with van der Waals surface area (Å²) in [6.45, 7) is 2.29. The zero-order valence-corrected chi connectivity index (χ0v) is 14.7. The largest absolute Gasteiger partial charge is 0.504 e. The lowest BCUT2D eigenvalue weighted by Gasteiger charge is -2.11. The number of aromatic hydroxyl groups is 1. The minimum Gasteiger partial charge on any atom is -0.504 e. The van der Waals surface area contributed by atoms with Crippen LogP contribution in [-0.2, 0) is 13.6 Å². The van der Waals surface area contributed by atoms with E-state index in [1.165, 1.54) is 24.8 Å². The molecule has 0 bridgehead atoms. The number of benzene rings is 1. The van der Waals surface area contributed by atoms with E-state index in [0.717, 1.165) is 4.57 Å². The monoisotopic (exact) mass is 357 g/mol. The van der Waals surface area contributed by atoms with Gasteiger partial charge >= 0.3 is 5.69 Å². The Morgan fingerprint density at radius 1 is 1.27 bits per heavy atom. The van der Waals surface area contributed by atoms with Gasteiger partial charge < -0.3 is 15.2 Å². The molecule has 1 aliphatic rings. The summed E-state index contributed by atoms with van der Waals surface area (Å²) in [7, 11) is 2.78. The molecule has 2 aromatic rings. The number of carbonyl (C=O) groups excluding carboxylic acids is 1. The topological polar surface area (TPSA) is 103 Å². The zero-order chi connectivity index (χ0) is 19.0. The first kappa shape index (κ1) is 17.5. The van der Waals surface area contributed by atoms with E-state index in [2.05, 4.69) is 5.32 Å². The second kappa shape index (κ2) is 6.55. The van der Waals surface area contributed by atoms with Crippen LogP contribution in [0.2, 0.25) is 0 Å². The van der Waals surface area contributed by atoms with Crippen LogP contribution in [0.4, 0.5) is 5.82 Å². The van der Waals surface area contributed by atoms with Crippen LogP contribution in [0, 0.1) is 0 Å². The first-order chi connectivity index (χ1) is 12.4. The third-order valence-corrected chi connectivity index (χ3v) is 4.23. The number of rotatable bonds is 4. The van der Waals surface area contributed by atoms with Crippen LogP contribution < -0.4 is 21.3 Å². The predicted octanol–water partition coefficient (Wildman–Crippen LogP) is 1.32. The maximum absolute atomic E-state index is 12.7. The number of hydrogen-bond donors (Lipinski definition) is 2. The third-order valence-electron chi connectivity index (χ3n) is 4.23. The quantitative estimate of drug-likeness (QED) is 0.800. The normalized spacial score (nSPS) is 14.4. The number of fused-ring (bicyclic) bond motifs is 1. The molecule has 136 valence electrons. The number of hydrogen-bond acceptors (Lipinski definition) is 6. The van der Waals surface area contributed by atoms with Gasteiger partial charge in [0.05, 0.1) is 12.8 Å². The first-order valence-corrected chi connectivity index (χ1v) is 8.13. The molecule has 1 aromatic heterocycles. The van der Waals surface area contributed by atoms with E-state index in [1.807, 2.05) is 6.92 Å². The van der Waals surface area contributed by atoms with Crippen LogP contribution in [0.3, 0.4) is 0 Å². The molecule has 2 heterocycles. The van der Waals surface area contributed by atoms with Crippen molar-refractivity contribution in [2.75, 3.05) is 12.4 Å². The fourth-order valence-electron chi connectivity index (χ4n) is 2.90. The summed E-state index contributed by atoms with van der Waals surface area (Å²) >= 11 is 0. The Morgan fingerprint density at radius 3 is 2.65 bits per heavy atom. The molecule has 1 aliphatic heterocycles. The number of phenols is 1. The Hall–Kier alpha value is -3.29. The second-order valence-corrected chi connectivity index (χ2v) is 5.97. The average Bonchev–Trinajstić information content (AvgIpc) is 2.94. The maximum atomic E-state index is 12.7. The van der Waals surface area contributed by atoms with Gasteiger partial charge in [0.1, 0.15) is 11.4 Å². The minimum absolute atomic E-state index is 0.0192. The molecule has 0 fully saturated rings. The van der Waals surface area contributed by atoms with Gasteiger partial charge in [-0.1, -0.05) is 13.0 Å². The Bertz CT molecular complexity index is 1050. The van der Waals surface area contributed by atoms with Crippen LogP contribution in [-0.4, -0.2) is 27.1 Å². The maximum Gasteiger partial charge on any atom is 0.332 e. The van der Waals surface area contributed by atoms with Crippen molar-refractivity contribution in [3.05, 3.63) is 55.9 Å². The van der Waals surface area contributed by atoms with Gasteiger partial charge in [-0.3, -0.25) is 18.7 Å². The third kappa shape index (κ3) is 2.69. The zero-order valence-electron chi connectivity index (χ0n) is 14.7. The van der Waals surface area contributed by atoms with Crippen molar-refractivity contribution in [3.63, 3.8) is 0 Å². The summed E-state index contributed by atoms with van der Waals surface area (Å²) in [5.74, 6) is -0.00477. The molecule has 1 aromatic carbocycles. The molecule has 0 spiro atoms. The van der Waals surface area contributed by atoms with Gasteiger partial charge in [-0.05, 0) is 30.2 Å². The number of nitrogens with one attached hydrogen (secondary N) is 1. The molecule has 0 saturated heterocycles. The smallest absolute Gasteiger partial charge is 0.332 e. The minimum atomic E-state index is -0.624. The SMILES string of the molecule is CCCn1c2c(c(=O)n(C)c1=O)C(=O)/C(=C/c1ccc(O)c(OC)c1)N2. The fraction of sp³-hybridized carbons (Fsp3) is 0.278. The highest BCUT2D eigenvalue weighted by Crippen LogP contribution is 2.30. The molecule has 0 saturated carbocycles. The average molecular weight is 357 g/mol. The lowest BCUT2D eigenvalue weighted by molar-refractivity contribution is 0.104. The van der Waals surface area contributed by atoms with Crippen molar-refractivity contribution in [1.29, 1.82) is 0 Å². The Morgan fingerprint density at radius 2 is 2.00 bits per heavy atom. The number of aromatic nitrogens is 2.